The Morgan fingerprint density at radius 2 is 2.20 bits per heavy atom. The molecule has 1 aliphatic rings. The van der Waals surface area contributed by atoms with Gasteiger partial charge in [0.1, 0.15) is 0 Å². The molecule has 1 fully saturated rings. The van der Waals surface area contributed by atoms with E-state index in [0.29, 0.717) is 18.2 Å². The fraction of sp³-hybridized carbons (Fsp3) is 0.667. The van der Waals surface area contributed by atoms with E-state index in [0.717, 1.165) is 44.7 Å². The number of carbonyl (C=O) groups is 1. The monoisotopic (exact) mass is 279 g/mol. The molecule has 0 saturated carbocycles. The Bertz CT molecular complexity index is 444. The molecule has 2 rings (SSSR count). The maximum atomic E-state index is 12.4. The highest BCUT2D eigenvalue weighted by Gasteiger charge is 2.23. The zero-order valence-corrected chi connectivity index (χ0v) is 12.5. The van der Waals surface area contributed by atoms with Gasteiger partial charge in [-0.2, -0.15) is 0 Å². The Labute approximate surface area is 120 Å². The standard InChI is InChI=1S/C15H25N3O2/c1-12(10-16)11-17-5-3-6-18(8-7-17)15(19)14-13(2)4-9-20-14/h4,9,12H,3,5-8,10-11,16H2,1-2H3. The van der Waals surface area contributed by atoms with Crippen LogP contribution < -0.4 is 5.73 Å². The van der Waals surface area contributed by atoms with Crippen molar-refractivity contribution < 1.29 is 9.21 Å². The highest BCUT2D eigenvalue weighted by Crippen LogP contribution is 2.14. The Hall–Kier alpha value is -1.33. The van der Waals surface area contributed by atoms with Crippen LogP contribution in [0.5, 0.6) is 0 Å². The number of aryl methyl sites for hydroxylation is 1. The number of nitrogens with two attached hydrogens (primary N) is 1. The Kier molecular flexibility index (Phi) is 5.20. The summed E-state index contributed by atoms with van der Waals surface area (Å²) in [6, 6.07) is 1.83. The van der Waals surface area contributed by atoms with Gasteiger partial charge in [0.15, 0.2) is 5.76 Å². The van der Waals surface area contributed by atoms with E-state index in [1.165, 1.54) is 0 Å². The average molecular weight is 279 g/mol. The minimum Gasteiger partial charge on any atom is -0.459 e. The second-order valence-electron chi connectivity index (χ2n) is 5.72. The van der Waals surface area contributed by atoms with Crippen molar-refractivity contribution in [2.24, 2.45) is 11.7 Å². The molecule has 0 aromatic carbocycles. The van der Waals surface area contributed by atoms with Crippen LogP contribution >= 0.6 is 0 Å². The van der Waals surface area contributed by atoms with Gasteiger partial charge in [0.25, 0.3) is 5.91 Å². The van der Waals surface area contributed by atoms with Gasteiger partial charge in [-0.05, 0) is 38.4 Å². The molecule has 1 saturated heterocycles. The summed E-state index contributed by atoms with van der Waals surface area (Å²) in [6.07, 6.45) is 2.58. The molecule has 0 radical (unpaired) electrons. The average Bonchev–Trinajstić information content (AvgIpc) is 2.73. The van der Waals surface area contributed by atoms with Crippen molar-refractivity contribution in [1.29, 1.82) is 0 Å². The maximum Gasteiger partial charge on any atom is 0.289 e. The SMILES string of the molecule is Cc1ccoc1C(=O)N1CCCN(CC(C)CN)CC1. The van der Waals surface area contributed by atoms with Gasteiger partial charge in [-0.3, -0.25) is 4.79 Å². The lowest BCUT2D eigenvalue weighted by Crippen LogP contribution is -2.37. The number of nitrogens with zero attached hydrogens (tertiary/aromatic N) is 2. The summed E-state index contributed by atoms with van der Waals surface area (Å²) in [5.41, 5.74) is 6.59. The van der Waals surface area contributed by atoms with Crippen LogP contribution in [-0.2, 0) is 0 Å². The summed E-state index contributed by atoms with van der Waals surface area (Å²) >= 11 is 0. The van der Waals surface area contributed by atoms with Gasteiger partial charge in [0.2, 0.25) is 0 Å². The topological polar surface area (TPSA) is 62.7 Å². The van der Waals surface area contributed by atoms with Gasteiger partial charge in [-0.25, -0.2) is 0 Å². The number of carbonyl (C=O) groups excluding carboxylic acids is 1. The van der Waals surface area contributed by atoms with Crippen LogP contribution in [0.15, 0.2) is 16.7 Å². The molecular weight excluding hydrogens is 254 g/mol. The Morgan fingerprint density at radius 1 is 1.40 bits per heavy atom. The molecule has 20 heavy (non-hydrogen) atoms. The van der Waals surface area contributed by atoms with Gasteiger partial charge in [-0.15, -0.1) is 0 Å². The molecule has 0 aliphatic carbocycles. The molecule has 0 spiro atoms. The normalized spacial score (nSPS) is 18.9. The molecule has 2 N–H and O–H groups in total. The van der Waals surface area contributed by atoms with Crippen molar-refractivity contribution in [3.8, 4) is 0 Å². The van der Waals surface area contributed by atoms with Crippen LogP contribution in [0.2, 0.25) is 0 Å². The lowest BCUT2D eigenvalue weighted by atomic mass is 10.1. The molecule has 1 unspecified atom stereocenters. The molecule has 2 heterocycles. The minimum absolute atomic E-state index is 0.0150. The van der Waals surface area contributed by atoms with Crippen molar-refractivity contribution in [2.45, 2.75) is 20.3 Å². The van der Waals surface area contributed by atoms with Crippen molar-refractivity contribution in [3.63, 3.8) is 0 Å². The zero-order chi connectivity index (χ0) is 14.5. The number of furan rings is 1. The van der Waals surface area contributed by atoms with Gasteiger partial charge in [0, 0.05) is 31.7 Å². The van der Waals surface area contributed by atoms with Crippen molar-refractivity contribution >= 4 is 5.91 Å². The molecule has 1 atom stereocenters. The molecule has 112 valence electrons. The molecule has 0 bridgehead atoms. The van der Waals surface area contributed by atoms with E-state index in [4.69, 9.17) is 10.2 Å². The summed E-state index contributed by atoms with van der Waals surface area (Å²) in [7, 11) is 0. The third-order valence-corrected chi connectivity index (χ3v) is 3.90. The van der Waals surface area contributed by atoms with E-state index in [9.17, 15) is 4.79 Å². The number of hydrogen-bond donors (Lipinski definition) is 1. The summed E-state index contributed by atoms with van der Waals surface area (Å²) in [4.78, 5) is 16.7. The predicted octanol–water partition coefficient (Wildman–Crippen LogP) is 1.33. The molecule has 5 heteroatoms. The van der Waals surface area contributed by atoms with Gasteiger partial charge in [-0.1, -0.05) is 6.92 Å². The van der Waals surface area contributed by atoms with E-state index in [1.807, 2.05) is 17.9 Å². The third-order valence-electron chi connectivity index (χ3n) is 3.90. The van der Waals surface area contributed by atoms with Crippen LogP contribution in [0.3, 0.4) is 0 Å². The highest BCUT2D eigenvalue weighted by molar-refractivity contribution is 5.92. The summed E-state index contributed by atoms with van der Waals surface area (Å²) < 4.78 is 5.31. The highest BCUT2D eigenvalue weighted by atomic mass is 16.3. The first-order valence-electron chi connectivity index (χ1n) is 7.37. The third kappa shape index (κ3) is 3.61. The smallest absolute Gasteiger partial charge is 0.289 e. The van der Waals surface area contributed by atoms with Crippen molar-refractivity contribution in [3.05, 3.63) is 23.7 Å². The quantitative estimate of drug-likeness (QED) is 0.903. The lowest BCUT2D eigenvalue weighted by molar-refractivity contribution is 0.0728. The second-order valence-corrected chi connectivity index (χ2v) is 5.72. The molecule has 1 amide bonds. The predicted molar refractivity (Wildman–Crippen MR) is 78.6 cm³/mol. The second kappa shape index (κ2) is 6.90. The summed E-state index contributed by atoms with van der Waals surface area (Å²) in [5, 5.41) is 0. The first-order valence-corrected chi connectivity index (χ1v) is 7.37. The fourth-order valence-corrected chi connectivity index (χ4v) is 2.61. The molecule has 1 aromatic rings. The number of rotatable bonds is 4. The van der Waals surface area contributed by atoms with Crippen LogP contribution in [0.4, 0.5) is 0 Å². The van der Waals surface area contributed by atoms with Gasteiger partial charge >= 0.3 is 0 Å². The van der Waals surface area contributed by atoms with Crippen molar-refractivity contribution in [1.82, 2.24) is 9.80 Å². The first-order chi connectivity index (χ1) is 9.61. The summed E-state index contributed by atoms with van der Waals surface area (Å²) in [6.45, 7) is 9.30. The van der Waals surface area contributed by atoms with Crippen LogP contribution in [0, 0.1) is 12.8 Å². The molecule has 1 aliphatic heterocycles. The van der Waals surface area contributed by atoms with E-state index in [2.05, 4.69) is 11.8 Å². The lowest BCUT2D eigenvalue weighted by Gasteiger charge is -2.23. The van der Waals surface area contributed by atoms with Crippen LogP contribution in [-0.4, -0.2) is 55.0 Å². The van der Waals surface area contributed by atoms with E-state index < -0.39 is 0 Å². The van der Waals surface area contributed by atoms with Crippen molar-refractivity contribution in [2.75, 3.05) is 39.3 Å². The zero-order valence-electron chi connectivity index (χ0n) is 12.5. The maximum absolute atomic E-state index is 12.4. The van der Waals surface area contributed by atoms with E-state index in [-0.39, 0.29) is 5.91 Å². The number of hydrogen-bond acceptors (Lipinski definition) is 4. The first kappa shape index (κ1) is 15.1. The number of amides is 1. The molecule has 1 aromatic heterocycles. The minimum atomic E-state index is 0.0150. The van der Waals surface area contributed by atoms with E-state index >= 15 is 0 Å². The van der Waals surface area contributed by atoms with Crippen LogP contribution in [0.1, 0.15) is 29.5 Å². The van der Waals surface area contributed by atoms with E-state index in [1.54, 1.807) is 6.26 Å². The van der Waals surface area contributed by atoms with Crippen LogP contribution in [0.25, 0.3) is 0 Å². The van der Waals surface area contributed by atoms with Gasteiger partial charge in [0.05, 0.1) is 6.26 Å². The molecular formula is C15H25N3O2. The van der Waals surface area contributed by atoms with Gasteiger partial charge < -0.3 is 20.0 Å². The fourth-order valence-electron chi connectivity index (χ4n) is 2.61. The summed E-state index contributed by atoms with van der Waals surface area (Å²) in [5.74, 6) is 1.000. The Balaban J connectivity index is 1.93. The molecule has 5 nitrogen and oxygen atoms in total. The Morgan fingerprint density at radius 3 is 2.85 bits per heavy atom. The largest absolute Gasteiger partial charge is 0.459 e.